The molecule has 1 aromatic carbocycles. The van der Waals surface area contributed by atoms with E-state index in [4.69, 9.17) is 7.10 Å². The Hall–Kier alpha value is -2.41. The Bertz CT molecular complexity index is 797. The van der Waals surface area contributed by atoms with Crippen molar-refractivity contribution >= 4 is 23.4 Å². The van der Waals surface area contributed by atoms with Gasteiger partial charge >= 0.3 is 0 Å². The quantitative estimate of drug-likeness (QED) is 0.716. The van der Waals surface area contributed by atoms with Crippen LogP contribution in [0.25, 0.3) is 0 Å². The number of primary amides is 1. The van der Waals surface area contributed by atoms with Crippen LogP contribution in [0.1, 0.15) is 33.6 Å². The molecule has 1 fully saturated rings. The lowest BCUT2D eigenvalue weighted by atomic mass is 9.79. The normalized spacial score (nSPS) is 26.0. The monoisotopic (exact) mass is 359 g/mol. The Morgan fingerprint density at radius 2 is 2.23 bits per heavy atom. The molecule has 0 unspecified atom stereocenters. The SMILES string of the molecule is [2H]c1ccc2c(c1)[C@@]1(C[C@@H](C(N)=O)N(C(=O)[C@H](CC(C)C)NC)C1)C(=O)N2. The average molecular weight is 359 g/mol. The smallest absolute Gasteiger partial charge is 0.240 e. The van der Waals surface area contributed by atoms with E-state index in [1.54, 1.807) is 25.2 Å². The van der Waals surface area contributed by atoms with Gasteiger partial charge in [0.25, 0.3) is 0 Å². The van der Waals surface area contributed by atoms with Gasteiger partial charge in [-0.15, -0.1) is 0 Å². The van der Waals surface area contributed by atoms with E-state index >= 15 is 0 Å². The molecule has 140 valence electrons. The molecule has 2 heterocycles. The van der Waals surface area contributed by atoms with E-state index in [2.05, 4.69) is 10.6 Å². The summed E-state index contributed by atoms with van der Waals surface area (Å²) in [6, 6.07) is 3.88. The fourth-order valence-electron chi connectivity index (χ4n) is 4.06. The van der Waals surface area contributed by atoms with Gasteiger partial charge in [-0.25, -0.2) is 0 Å². The van der Waals surface area contributed by atoms with E-state index in [-0.39, 0.29) is 36.7 Å². The summed E-state index contributed by atoms with van der Waals surface area (Å²) < 4.78 is 7.90. The lowest BCUT2D eigenvalue weighted by Gasteiger charge is -2.28. The van der Waals surface area contributed by atoms with Crippen molar-refractivity contribution in [3.8, 4) is 0 Å². The first kappa shape index (κ1) is 17.0. The minimum Gasteiger partial charge on any atom is -0.368 e. The molecule has 2 aliphatic rings. The largest absolute Gasteiger partial charge is 0.368 e. The van der Waals surface area contributed by atoms with Crippen molar-refractivity contribution < 1.29 is 15.8 Å². The van der Waals surface area contributed by atoms with Crippen LogP contribution >= 0.6 is 0 Å². The molecule has 0 aliphatic carbocycles. The number of likely N-dealkylation sites (N-methyl/N-ethyl adjacent to an activating group) is 1. The molecule has 26 heavy (non-hydrogen) atoms. The molecule has 1 aromatic rings. The zero-order chi connectivity index (χ0) is 19.9. The molecule has 0 radical (unpaired) electrons. The standard InChI is InChI=1S/C19H26N4O3/c1-11(2)8-14(21-3)17(25)23-10-19(9-15(23)16(20)24)12-6-4-5-7-13(12)22-18(19)26/h4-7,11,14-15,21H,8-10H2,1-3H3,(H2,20,24)(H,22,26)/t14-,15-,19-/m0/s1/i4D. The van der Waals surface area contributed by atoms with Crippen LogP contribution in [-0.4, -0.2) is 48.3 Å². The third-order valence-electron chi connectivity index (χ3n) is 5.39. The number of anilines is 1. The zero-order valence-electron chi connectivity index (χ0n) is 16.3. The van der Waals surface area contributed by atoms with Crippen LogP contribution in [0.3, 0.4) is 0 Å². The van der Waals surface area contributed by atoms with Gasteiger partial charge in [0.05, 0.1) is 12.8 Å². The number of nitrogens with zero attached hydrogens (tertiary/aromatic N) is 1. The Morgan fingerprint density at radius 1 is 1.50 bits per heavy atom. The first-order chi connectivity index (χ1) is 12.7. The maximum Gasteiger partial charge on any atom is 0.240 e. The molecule has 2 aliphatic heterocycles. The van der Waals surface area contributed by atoms with Gasteiger partial charge in [0.15, 0.2) is 0 Å². The summed E-state index contributed by atoms with van der Waals surface area (Å²) in [4.78, 5) is 39.5. The Labute approximate surface area is 154 Å². The molecule has 4 N–H and O–H groups in total. The first-order valence-corrected chi connectivity index (χ1v) is 8.89. The number of carbonyl (C=O) groups is 3. The van der Waals surface area contributed by atoms with Crippen molar-refractivity contribution in [1.29, 1.82) is 0 Å². The summed E-state index contributed by atoms with van der Waals surface area (Å²) in [6.07, 6.45) is 0.748. The van der Waals surface area contributed by atoms with Crippen LogP contribution < -0.4 is 16.4 Å². The van der Waals surface area contributed by atoms with Crippen molar-refractivity contribution in [3.05, 3.63) is 29.8 Å². The Kier molecular flexibility index (Phi) is 4.40. The number of nitrogens with one attached hydrogen (secondary N) is 2. The highest BCUT2D eigenvalue weighted by Gasteiger charge is 2.57. The summed E-state index contributed by atoms with van der Waals surface area (Å²) >= 11 is 0. The molecule has 0 saturated carbocycles. The second kappa shape index (κ2) is 6.72. The van der Waals surface area contributed by atoms with Crippen molar-refractivity contribution in [1.82, 2.24) is 10.2 Å². The fraction of sp³-hybridized carbons (Fsp3) is 0.526. The van der Waals surface area contributed by atoms with Crippen molar-refractivity contribution in [3.63, 3.8) is 0 Å². The number of amides is 3. The second-order valence-corrected chi connectivity index (χ2v) is 7.57. The van der Waals surface area contributed by atoms with Crippen molar-refractivity contribution in [2.75, 3.05) is 18.9 Å². The molecule has 1 spiro atoms. The maximum atomic E-state index is 13.1. The Balaban J connectivity index is 1.99. The van der Waals surface area contributed by atoms with Gasteiger partial charge in [0, 0.05) is 12.2 Å². The van der Waals surface area contributed by atoms with Gasteiger partial charge in [-0.05, 0) is 37.4 Å². The van der Waals surface area contributed by atoms with E-state index in [0.29, 0.717) is 17.7 Å². The van der Waals surface area contributed by atoms with E-state index < -0.39 is 23.4 Å². The average Bonchev–Trinajstić information content (AvgIpc) is 3.13. The van der Waals surface area contributed by atoms with Gasteiger partial charge in [0.2, 0.25) is 17.7 Å². The molecule has 0 bridgehead atoms. The van der Waals surface area contributed by atoms with E-state index in [1.165, 1.54) is 4.90 Å². The molecule has 1 saturated heterocycles. The van der Waals surface area contributed by atoms with E-state index in [0.717, 1.165) is 0 Å². The minimum atomic E-state index is -1.04. The molecule has 3 amide bonds. The second-order valence-electron chi connectivity index (χ2n) is 7.57. The Morgan fingerprint density at radius 3 is 2.85 bits per heavy atom. The van der Waals surface area contributed by atoms with E-state index in [1.807, 2.05) is 13.8 Å². The topological polar surface area (TPSA) is 105 Å². The summed E-state index contributed by atoms with van der Waals surface area (Å²) in [5.41, 5.74) is 5.83. The van der Waals surface area contributed by atoms with Crippen LogP contribution in [0.5, 0.6) is 0 Å². The summed E-state index contributed by atoms with van der Waals surface area (Å²) in [6.45, 7) is 4.12. The van der Waals surface area contributed by atoms with Gasteiger partial charge < -0.3 is 21.3 Å². The minimum absolute atomic E-state index is 0.0814. The summed E-state index contributed by atoms with van der Waals surface area (Å²) in [5, 5.41) is 5.84. The molecule has 0 aromatic heterocycles. The molecular weight excluding hydrogens is 332 g/mol. The number of likely N-dealkylation sites (tertiary alicyclic amines) is 1. The molecule has 7 nitrogen and oxygen atoms in total. The van der Waals surface area contributed by atoms with Crippen LogP contribution in [0.2, 0.25) is 0 Å². The van der Waals surface area contributed by atoms with Crippen LogP contribution in [0.4, 0.5) is 5.69 Å². The number of para-hydroxylation sites is 1. The number of nitrogens with two attached hydrogens (primary N) is 1. The van der Waals surface area contributed by atoms with Crippen molar-refractivity contribution in [2.45, 2.75) is 44.2 Å². The number of hydrogen-bond donors (Lipinski definition) is 3. The van der Waals surface area contributed by atoms with Gasteiger partial charge in [0.1, 0.15) is 6.04 Å². The predicted molar refractivity (Wildman–Crippen MR) is 98.4 cm³/mol. The molecule has 7 heteroatoms. The third-order valence-corrected chi connectivity index (χ3v) is 5.39. The number of rotatable bonds is 5. The first-order valence-electron chi connectivity index (χ1n) is 9.39. The highest BCUT2D eigenvalue weighted by atomic mass is 16.2. The van der Waals surface area contributed by atoms with Crippen LogP contribution in [0, 0.1) is 5.92 Å². The molecular formula is C19H26N4O3. The lowest BCUT2D eigenvalue weighted by molar-refractivity contribution is -0.139. The highest BCUT2D eigenvalue weighted by molar-refractivity contribution is 6.08. The van der Waals surface area contributed by atoms with Crippen LogP contribution in [0.15, 0.2) is 24.2 Å². The number of fused-ring (bicyclic) bond motifs is 2. The molecule has 3 atom stereocenters. The fourth-order valence-corrected chi connectivity index (χ4v) is 4.06. The highest BCUT2D eigenvalue weighted by Crippen LogP contribution is 2.46. The van der Waals surface area contributed by atoms with Gasteiger partial charge in [-0.3, -0.25) is 14.4 Å². The predicted octanol–water partition coefficient (Wildman–Crippen LogP) is 0.597. The van der Waals surface area contributed by atoms with Gasteiger partial charge in [-0.2, -0.15) is 0 Å². The maximum absolute atomic E-state index is 13.1. The lowest BCUT2D eigenvalue weighted by Crippen LogP contribution is -2.51. The zero-order valence-corrected chi connectivity index (χ0v) is 15.3. The van der Waals surface area contributed by atoms with E-state index in [9.17, 15) is 14.4 Å². The molecule has 3 rings (SSSR count). The van der Waals surface area contributed by atoms with Gasteiger partial charge in [-0.1, -0.05) is 32.0 Å². The number of benzene rings is 1. The van der Waals surface area contributed by atoms with Crippen molar-refractivity contribution in [2.24, 2.45) is 11.7 Å². The summed E-state index contributed by atoms with van der Waals surface area (Å²) in [5.74, 6) is -0.816. The summed E-state index contributed by atoms with van der Waals surface area (Å²) in [7, 11) is 1.71. The number of hydrogen-bond acceptors (Lipinski definition) is 4. The number of carbonyl (C=O) groups excluding carboxylic acids is 3. The van der Waals surface area contributed by atoms with Crippen LogP contribution in [-0.2, 0) is 19.8 Å². The third kappa shape index (κ3) is 2.86.